The summed E-state index contributed by atoms with van der Waals surface area (Å²) < 4.78 is 0. The Hall–Kier alpha value is -2.24. The molecule has 4 fully saturated rings. The van der Waals surface area contributed by atoms with Gasteiger partial charge in [0.1, 0.15) is 0 Å². The quantitative estimate of drug-likeness (QED) is 0.410. The molecule has 6 nitrogen and oxygen atoms in total. The van der Waals surface area contributed by atoms with Gasteiger partial charge in [-0.1, -0.05) is 24.3 Å². The van der Waals surface area contributed by atoms with E-state index in [0.717, 1.165) is 12.8 Å². The Morgan fingerprint density at radius 3 is 1.14 bits per heavy atom. The van der Waals surface area contributed by atoms with Crippen LogP contribution in [0.2, 0.25) is 0 Å². The molecule has 0 radical (unpaired) electrons. The molecule has 6 rings (SSSR count). The molecule has 0 aromatic carbocycles. The number of fused-ring (bicyclic) bond motifs is 10. The zero-order valence-electron chi connectivity index (χ0n) is 15.7. The normalized spacial score (nSPS) is 44.6. The third kappa shape index (κ3) is 1.98. The summed E-state index contributed by atoms with van der Waals surface area (Å²) in [6.45, 7) is 0.806. The number of likely N-dealkylation sites (tertiary alicyclic amines) is 2. The Kier molecular flexibility index (Phi) is 3.37. The van der Waals surface area contributed by atoms with Crippen LogP contribution in [0.5, 0.6) is 0 Å². The van der Waals surface area contributed by atoms with Crippen molar-refractivity contribution in [2.24, 2.45) is 47.3 Å². The van der Waals surface area contributed by atoms with Crippen molar-refractivity contribution in [1.29, 1.82) is 0 Å². The Labute approximate surface area is 163 Å². The lowest BCUT2D eigenvalue weighted by Crippen LogP contribution is -2.36. The molecule has 2 saturated heterocycles. The molecule has 4 aliphatic carbocycles. The van der Waals surface area contributed by atoms with Crippen molar-refractivity contribution in [1.82, 2.24) is 9.80 Å². The molecule has 0 aromatic heterocycles. The van der Waals surface area contributed by atoms with Gasteiger partial charge < -0.3 is 0 Å². The second kappa shape index (κ2) is 5.65. The number of rotatable bonds is 5. The summed E-state index contributed by atoms with van der Waals surface area (Å²) in [5.41, 5.74) is 0. The minimum absolute atomic E-state index is 0.0163. The van der Waals surface area contributed by atoms with Crippen molar-refractivity contribution in [3.05, 3.63) is 24.3 Å². The molecule has 4 bridgehead atoms. The molecule has 2 heterocycles. The lowest BCUT2D eigenvalue weighted by molar-refractivity contribution is -0.143. The average Bonchev–Trinajstić information content (AvgIpc) is 3.49. The van der Waals surface area contributed by atoms with E-state index in [1.54, 1.807) is 0 Å². The predicted molar refractivity (Wildman–Crippen MR) is 98.1 cm³/mol. The fourth-order valence-corrected chi connectivity index (χ4v) is 6.91. The zero-order valence-corrected chi connectivity index (χ0v) is 15.7. The largest absolute Gasteiger partial charge is 0.282 e. The van der Waals surface area contributed by atoms with Crippen LogP contribution in [-0.4, -0.2) is 46.5 Å². The minimum atomic E-state index is -0.147. The van der Waals surface area contributed by atoms with E-state index < -0.39 is 0 Å². The highest BCUT2D eigenvalue weighted by Crippen LogP contribution is 2.53. The zero-order chi connectivity index (χ0) is 19.2. The van der Waals surface area contributed by atoms with E-state index in [1.807, 2.05) is 0 Å². The van der Waals surface area contributed by atoms with Gasteiger partial charge in [-0.15, -0.1) is 0 Å². The van der Waals surface area contributed by atoms with Gasteiger partial charge in [-0.05, 0) is 49.4 Å². The van der Waals surface area contributed by atoms with E-state index in [-0.39, 0.29) is 71.0 Å². The van der Waals surface area contributed by atoms with E-state index in [4.69, 9.17) is 0 Å². The van der Waals surface area contributed by atoms with Crippen molar-refractivity contribution in [2.45, 2.75) is 25.7 Å². The van der Waals surface area contributed by atoms with Crippen molar-refractivity contribution in [3.8, 4) is 0 Å². The first kappa shape index (κ1) is 16.7. The molecular weight excluding hydrogens is 356 g/mol. The molecule has 0 spiro atoms. The van der Waals surface area contributed by atoms with Gasteiger partial charge in [0.15, 0.2) is 0 Å². The number of unbranched alkanes of at least 4 members (excludes halogenated alkanes) is 1. The Balaban J connectivity index is 1.05. The van der Waals surface area contributed by atoms with E-state index in [1.165, 1.54) is 9.80 Å². The molecule has 0 aromatic rings. The maximum Gasteiger partial charge on any atom is 0.233 e. The average molecular weight is 380 g/mol. The number of hydrogen-bond donors (Lipinski definition) is 0. The maximum absolute atomic E-state index is 12.7. The molecule has 146 valence electrons. The third-order valence-electron chi connectivity index (χ3n) is 8.14. The minimum Gasteiger partial charge on any atom is -0.282 e. The number of carbonyl (C=O) groups is 4. The molecular formula is C22H24N2O4. The van der Waals surface area contributed by atoms with Crippen LogP contribution >= 0.6 is 0 Å². The predicted octanol–water partition coefficient (Wildman–Crippen LogP) is 1.38. The number of amides is 4. The van der Waals surface area contributed by atoms with Crippen LogP contribution in [0.25, 0.3) is 0 Å². The van der Waals surface area contributed by atoms with Gasteiger partial charge in [-0.25, -0.2) is 0 Å². The van der Waals surface area contributed by atoms with Crippen molar-refractivity contribution in [2.75, 3.05) is 13.1 Å². The maximum atomic E-state index is 12.7. The molecule has 2 saturated carbocycles. The van der Waals surface area contributed by atoms with Crippen molar-refractivity contribution < 1.29 is 19.2 Å². The molecule has 2 aliphatic heterocycles. The monoisotopic (exact) mass is 380 g/mol. The first-order valence-corrected chi connectivity index (χ1v) is 10.6. The highest BCUT2D eigenvalue weighted by molar-refractivity contribution is 6.07. The van der Waals surface area contributed by atoms with E-state index in [2.05, 4.69) is 24.3 Å². The SMILES string of the molecule is O=C1[C@@H]2[C@H](C(=O)N1CCCCN1C(=O)[C@@H]3[C@H](C1=O)[C@H]1C=C[C@@H]3C1)[C@H]1C=C[C@@H]2C1. The van der Waals surface area contributed by atoms with Crippen molar-refractivity contribution in [3.63, 3.8) is 0 Å². The first-order chi connectivity index (χ1) is 13.6. The van der Waals surface area contributed by atoms with E-state index >= 15 is 0 Å². The van der Waals surface area contributed by atoms with Crippen LogP contribution in [0.3, 0.4) is 0 Å². The number of nitrogens with zero attached hydrogens (tertiary/aromatic N) is 2. The number of hydrogen-bond acceptors (Lipinski definition) is 4. The lowest BCUT2D eigenvalue weighted by Gasteiger charge is -2.19. The summed E-state index contributed by atoms with van der Waals surface area (Å²) in [7, 11) is 0. The number of allylic oxidation sites excluding steroid dienone is 4. The first-order valence-electron chi connectivity index (χ1n) is 10.6. The van der Waals surface area contributed by atoms with Crippen LogP contribution in [0.4, 0.5) is 0 Å². The van der Waals surface area contributed by atoms with Gasteiger partial charge in [0.25, 0.3) is 0 Å². The van der Waals surface area contributed by atoms with Crippen LogP contribution in [0.15, 0.2) is 24.3 Å². The second-order valence-corrected chi connectivity index (χ2v) is 9.36. The summed E-state index contributed by atoms with van der Waals surface area (Å²) in [5, 5.41) is 0. The van der Waals surface area contributed by atoms with Crippen LogP contribution in [0, 0.1) is 47.3 Å². The van der Waals surface area contributed by atoms with Crippen LogP contribution in [-0.2, 0) is 19.2 Å². The fraction of sp³-hybridized carbons (Fsp3) is 0.636. The lowest BCUT2D eigenvalue weighted by atomic mass is 9.85. The molecule has 8 atom stereocenters. The fourth-order valence-electron chi connectivity index (χ4n) is 6.91. The van der Waals surface area contributed by atoms with Crippen LogP contribution < -0.4 is 0 Å². The third-order valence-corrected chi connectivity index (χ3v) is 8.14. The van der Waals surface area contributed by atoms with Gasteiger partial charge >= 0.3 is 0 Å². The van der Waals surface area contributed by atoms with E-state index in [0.29, 0.717) is 25.9 Å². The highest BCUT2D eigenvalue weighted by atomic mass is 16.2. The van der Waals surface area contributed by atoms with Gasteiger partial charge in [0.2, 0.25) is 23.6 Å². The Bertz CT molecular complexity index is 731. The smallest absolute Gasteiger partial charge is 0.233 e. The van der Waals surface area contributed by atoms with Gasteiger partial charge in [0, 0.05) is 13.1 Å². The standard InChI is InChI=1S/C22H24N2O4/c25-19-15-11-3-4-12(9-11)16(15)20(26)23(19)7-1-2-8-24-21(27)17-13-5-6-14(10-13)18(17)22(24)28/h3-6,11-18H,1-2,7-10H2/t11-,12+,13-,14+,15+,16-,17+,18-. The van der Waals surface area contributed by atoms with Gasteiger partial charge in [0.05, 0.1) is 23.7 Å². The molecule has 0 unspecified atom stereocenters. The van der Waals surface area contributed by atoms with Crippen molar-refractivity contribution >= 4 is 23.6 Å². The summed E-state index contributed by atoms with van der Waals surface area (Å²) >= 11 is 0. The number of carbonyl (C=O) groups excluding carboxylic acids is 4. The summed E-state index contributed by atoms with van der Waals surface area (Å²) in [6.07, 6.45) is 11.6. The molecule has 28 heavy (non-hydrogen) atoms. The summed E-state index contributed by atoms with van der Waals surface area (Å²) in [5.74, 6) is 0.291. The molecule has 6 heteroatoms. The highest BCUT2D eigenvalue weighted by Gasteiger charge is 2.60. The molecule has 0 N–H and O–H groups in total. The second-order valence-electron chi connectivity index (χ2n) is 9.36. The van der Waals surface area contributed by atoms with Gasteiger partial charge in [-0.3, -0.25) is 29.0 Å². The Morgan fingerprint density at radius 2 is 0.857 bits per heavy atom. The Morgan fingerprint density at radius 1 is 0.571 bits per heavy atom. The molecule has 4 amide bonds. The molecule has 6 aliphatic rings. The van der Waals surface area contributed by atoms with Gasteiger partial charge in [-0.2, -0.15) is 0 Å². The summed E-state index contributed by atoms with van der Waals surface area (Å²) in [6, 6.07) is 0. The number of imide groups is 2. The topological polar surface area (TPSA) is 74.8 Å². The van der Waals surface area contributed by atoms with Crippen LogP contribution in [0.1, 0.15) is 25.7 Å². The van der Waals surface area contributed by atoms with E-state index in [9.17, 15) is 19.2 Å². The summed E-state index contributed by atoms with van der Waals surface area (Å²) in [4.78, 5) is 53.7.